The average molecular weight is 359 g/mol. The molecule has 0 fully saturated rings. The van der Waals surface area contributed by atoms with Gasteiger partial charge in [0.15, 0.2) is 0 Å². The van der Waals surface area contributed by atoms with Crippen molar-refractivity contribution in [3.63, 3.8) is 0 Å². The van der Waals surface area contributed by atoms with Crippen molar-refractivity contribution < 1.29 is 20.1 Å². The van der Waals surface area contributed by atoms with Gasteiger partial charge >= 0.3 is 5.97 Å². The lowest BCUT2D eigenvalue weighted by Crippen LogP contribution is -2.13. The van der Waals surface area contributed by atoms with Gasteiger partial charge in [0.2, 0.25) is 0 Å². The first kappa shape index (κ1) is 24.4. The molecule has 0 bridgehead atoms. The van der Waals surface area contributed by atoms with Crippen LogP contribution in [0, 0.1) is 0 Å². The summed E-state index contributed by atoms with van der Waals surface area (Å²) in [7, 11) is 0. The number of carboxylic acid groups (broad SMARTS) is 1. The Labute approximate surface area is 155 Å². The van der Waals surface area contributed by atoms with Crippen LogP contribution in [0.4, 0.5) is 0 Å². The Morgan fingerprint density at radius 3 is 1.48 bits per heavy atom. The zero-order valence-corrected chi connectivity index (χ0v) is 16.4. The molecule has 25 heavy (non-hydrogen) atoms. The third kappa shape index (κ3) is 19.6. The summed E-state index contributed by atoms with van der Waals surface area (Å²) in [5.41, 5.74) is 0. The van der Waals surface area contributed by atoms with Crippen molar-refractivity contribution >= 4 is 5.97 Å². The van der Waals surface area contributed by atoms with Gasteiger partial charge in [-0.3, -0.25) is 4.79 Å². The van der Waals surface area contributed by atoms with Crippen LogP contribution < -0.4 is 0 Å². The number of carbonyl (C=O) groups is 1. The van der Waals surface area contributed by atoms with E-state index < -0.39 is 5.97 Å². The Hall–Kier alpha value is -0.610. The molecule has 0 aromatic rings. The molecule has 0 aliphatic heterocycles. The van der Waals surface area contributed by atoms with Gasteiger partial charge in [-0.05, 0) is 32.1 Å². The van der Waals surface area contributed by atoms with Gasteiger partial charge in [-0.25, -0.2) is 0 Å². The maximum Gasteiger partial charge on any atom is 0.303 e. The zero-order valence-electron chi connectivity index (χ0n) is 16.4. The zero-order chi connectivity index (χ0) is 18.8. The number of aliphatic carboxylic acids is 1. The second-order valence-corrected chi connectivity index (χ2v) is 7.50. The van der Waals surface area contributed by atoms with Crippen LogP contribution in [0.3, 0.4) is 0 Å². The minimum absolute atomic E-state index is 0.255. The van der Waals surface area contributed by atoms with Gasteiger partial charge in [0.1, 0.15) is 0 Å². The minimum Gasteiger partial charge on any atom is -0.481 e. The van der Waals surface area contributed by atoms with E-state index in [0.29, 0.717) is 12.8 Å². The molecule has 0 radical (unpaired) electrons. The summed E-state index contributed by atoms with van der Waals surface area (Å²) < 4.78 is 0. The number of unbranched alkanes of at least 4 members (excludes halogenated alkanes) is 10. The van der Waals surface area contributed by atoms with Crippen LogP contribution in [0.2, 0.25) is 0 Å². The smallest absolute Gasteiger partial charge is 0.303 e. The topological polar surface area (TPSA) is 77.8 Å². The fraction of sp³-hybridized carbons (Fsp3) is 0.952. The van der Waals surface area contributed by atoms with E-state index in [0.717, 1.165) is 57.8 Å². The Balaban J connectivity index is 3.33. The van der Waals surface area contributed by atoms with Gasteiger partial charge in [-0.2, -0.15) is 0 Å². The number of aliphatic hydroxyl groups excluding tert-OH is 2. The van der Waals surface area contributed by atoms with E-state index in [1.165, 1.54) is 32.1 Å². The van der Waals surface area contributed by atoms with Gasteiger partial charge in [0.25, 0.3) is 0 Å². The van der Waals surface area contributed by atoms with Gasteiger partial charge in [-0.15, -0.1) is 0 Å². The van der Waals surface area contributed by atoms with Crippen LogP contribution in [0.1, 0.15) is 116 Å². The van der Waals surface area contributed by atoms with Crippen molar-refractivity contribution in [2.24, 2.45) is 0 Å². The third-order valence-electron chi connectivity index (χ3n) is 4.90. The minimum atomic E-state index is -0.707. The lowest BCUT2D eigenvalue weighted by atomic mass is 10.00. The molecule has 0 aromatic heterocycles. The average Bonchev–Trinajstić information content (AvgIpc) is 2.58. The SMILES string of the molecule is CCCCCCCCC(O)CCC(O)CCCCCCCCC(=O)O. The lowest BCUT2D eigenvalue weighted by molar-refractivity contribution is -0.137. The molecule has 0 amide bonds. The molecule has 0 rings (SSSR count). The Morgan fingerprint density at radius 1 is 0.640 bits per heavy atom. The predicted octanol–water partition coefficient (Wildman–Crippen LogP) is 5.44. The molecule has 4 heteroatoms. The molecule has 150 valence electrons. The van der Waals surface area contributed by atoms with Crippen LogP contribution in [-0.4, -0.2) is 33.5 Å². The summed E-state index contributed by atoms with van der Waals surface area (Å²) in [5, 5.41) is 28.5. The second kappa shape index (κ2) is 18.2. The Morgan fingerprint density at radius 2 is 1.04 bits per heavy atom. The number of hydrogen-bond donors (Lipinski definition) is 3. The van der Waals surface area contributed by atoms with E-state index in [4.69, 9.17) is 5.11 Å². The summed E-state index contributed by atoms with van der Waals surface area (Å²) in [6.07, 6.45) is 16.4. The molecule has 0 aliphatic rings. The number of aliphatic hydroxyl groups is 2. The molecule has 0 saturated heterocycles. The van der Waals surface area contributed by atoms with Crippen LogP contribution in [0.5, 0.6) is 0 Å². The molecule has 0 spiro atoms. The maximum atomic E-state index is 10.4. The van der Waals surface area contributed by atoms with Crippen LogP contribution >= 0.6 is 0 Å². The highest BCUT2D eigenvalue weighted by Gasteiger charge is 2.09. The van der Waals surface area contributed by atoms with Gasteiger partial charge in [0.05, 0.1) is 12.2 Å². The van der Waals surface area contributed by atoms with E-state index in [9.17, 15) is 15.0 Å². The highest BCUT2D eigenvalue weighted by Crippen LogP contribution is 2.15. The third-order valence-corrected chi connectivity index (χ3v) is 4.90. The van der Waals surface area contributed by atoms with E-state index in [2.05, 4.69) is 6.92 Å². The molecule has 0 saturated carbocycles. The standard InChI is InChI=1S/C21H42O4/c1-2-3-4-5-8-11-14-19(22)17-18-20(23)15-12-9-6-7-10-13-16-21(24)25/h19-20,22-23H,2-18H2,1H3,(H,24,25). The quantitative estimate of drug-likeness (QED) is 0.268. The van der Waals surface area contributed by atoms with Crippen molar-refractivity contribution in [1.82, 2.24) is 0 Å². The first-order chi connectivity index (χ1) is 12.1. The monoisotopic (exact) mass is 358 g/mol. The predicted molar refractivity (Wildman–Crippen MR) is 104 cm³/mol. The molecule has 0 heterocycles. The Bertz CT molecular complexity index is 294. The first-order valence-electron chi connectivity index (χ1n) is 10.6. The molecular formula is C21H42O4. The van der Waals surface area contributed by atoms with Crippen LogP contribution in [0.25, 0.3) is 0 Å². The summed E-state index contributed by atoms with van der Waals surface area (Å²) in [5.74, 6) is -0.707. The summed E-state index contributed by atoms with van der Waals surface area (Å²) >= 11 is 0. The molecule has 0 aromatic carbocycles. The molecule has 2 atom stereocenters. The van der Waals surface area contributed by atoms with Crippen molar-refractivity contribution in [2.75, 3.05) is 0 Å². The van der Waals surface area contributed by atoms with Gasteiger partial charge in [0, 0.05) is 6.42 Å². The Kier molecular flexibility index (Phi) is 17.7. The van der Waals surface area contributed by atoms with Crippen molar-refractivity contribution in [1.29, 1.82) is 0 Å². The number of rotatable bonds is 19. The summed E-state index contributed by atoms with van der Waals surface area (Å²) in [4.78, 5) is 10.4. The van der Waals surface area contributed by atoms with E-state index in [1.54, 1.807) is 0 Å². The second-order valence-electron chi connectivity index (χ2n) is 7.50. The fourth-order valence-electron chi connectivity index (χ4n) is 3.20. The highest BCUT2D eigenvalue weighted by molar-refractivity contribution is 5.66. The van der Waals surface area contributed by atoms with Gasteiger partial charge < -0.3 is 15.3 Å². The number of hydrogen-bond acceptors (Lipinski definition) is 3. The molecule has 4 nitrogen and oxygen atoms in total. The summed E-state index contributed by atoms with van der Waals surface area (Å²) in [6, 6.07) is 0. The molecule has 3 N–H and O–H groups in total. The largest absolute Gasteiger partial charge is 0.481 e. The maximum absolute atomic E-state index is 10.4. The molecule has 0 aliphatic carbocycles. The van der Waals surface area contributed by atoms with Crippen LogP contribution in [0.15, 0.2) is 0 Å². The first-order valence-corrected chi connectivity index (χ1v) is 10.6. The number of carboxylic acids is 1. The normalized spacial score (nSPS) is 13.7. The fourth-order valence-corrected chi connectivity index (χ4v) is 3.20. The van der Waals surface area contributed by atoms with E-state index >= 15 is 0 Å². The van der Waals surface area contributed by atoms with Crippen molar-refractivity contribution in [3.8, 4) is 0 Å². The molecular weight excluding hydrogens is 316 g/mol. The summed E-state index contributed by atoms with van der Waals surface area (Å²) in [6.45, 7) is 2.22. The van der Waals surface area contributed by atoms with Crippen molar-refractivity contribution in [2.45, 2.75) is 128 Å². The molecule has 2 unspecified atom stereocenters. The highest BCUT2D eigenvalue weighted by atomic mass is 16.4. The van der Waals surface area contributed by atoms with E-state index in [-0.39, 0.29) is 18.6 Å². The van der Waals surface area contributed by atoms with Gasteiger partial charge in [-0.1, -0.05) is 77.6 Å². The van der Waals surface area contributed by atoms with Crippen molar-refractivity contribution in [3.05, 3.63) is 0 Å². The van der Waals surface area contributed by atoms with Crippen LogP contribution in [-0.2, 0) is 4.79 Å². The van der Waals surface area contributed by atoms with E-state index in [1.807, 2.05) is 0 Å². The lowest BCUT2D eigenvalue weighted by Gasteiger charge is -2.14.